The van der Waals surface area contributed by atoms with Crippen LogP contribution in [-0.4, -0.2) is 56.7 Å². The molecule has 1 aromatic rings. The zero-order valence-electron chi connectivity index (χ0n) is 11.6. The zero-order chi connectivity index (χ0) is 14.4. The van der Waals surface area contributed by atoms with Crippen LogP contribution in [0.25, 0.3) is 0 Å². The number of hydrogen-bond donors (Lipinski definition) is 2. The van der Waals surface area contributed by atoms with Crippen LogP contribution in [0.3, 0.4) is 0 Å². The highest BCUT2D eigenvalue weighted by Crippen LogP contribution is 2.14. The highest BCUT2D eigenvalue weighted by molar-refractivity contribution is 9.10. The lowest BCUT2D eigenvalue weighted by Gasteiger charge is -2.32. The summed E-state index contributed by atoms with van der Waals surface area (Å²) in [6.07, 6.45) is 0.161. The maximum atomic E-state index is 12.0. The van der Waals surface area contributed by atoms with Crippen LogP contribution in [0, 0.1) is 0 Å². The predicted octanol–water partition coefficient (Wildman–Crippen LogP) is 1.31. The minimum atomic E-state index is 0.0115. The number of ether oxygens (including phenoxy) is 1. The van der Waals surface area contributed by atoms with Crippen molar-refractivity contribution in [1.82, 2.24) is 10.2 Å². The molecule has 0 aromatic heterocycles. The van der Waals surface area contributed by atoms with Gasteiger partial charge < -0.3 is 15.4 Å². The summed E-state index contributed by atoms with van der Waals surface area (Å²) in [6.45, 7) is 3.48. The third-order valence-electron chi connectivity index (χ3n) is 3.15. The summed E-state index contributed by atoms with van der Waals surface area (Å²) in [5.41, 5.74) is 0.818. The average molecular weight is 342 g/mol. The number of amides is 1. The SMILES string of the molecule is CNCC1CN(CC(=O)Nc2ccc(Br)cc2)CCO1. The first-order chi connectivity index (χ1) is 9.67. The van der Waals surface area contributed by atoms with Crippen molar-refractivity contribution in [2.45, 2.75) is 6.10 Å². The first-order valence-electron chi connectivity index (χ1n) is 6.71. The van der Waals surface area contributed by atoms with E-state index in [-0.39, 0.29) is 12.0 Å². The quantitative estimate of drug-likeness (QED) is 0.847. The van der Waals surface area contributed by atoms with Crippen LogP contribution in [0.2, 0.25) is 0 Å². The number of benzene rings is 1. The molecule has 1 heterocycles. The van der Waals surface area contributed by atoms with E-state index in [9.17, 15) is 4.79 Å². The lowest BCUT2D eigenvalue weighted by Crippen LogP contribution is -2.48. The molecule has 0 bridgehead atoms. The van der Waals surface area contributed by atoms with E-state index in [2.05, 4.69) is 31.5 Å². The van der Waals surface area contributed by atoms with Gasteiger partial charge in [-0.3, -0.25) is 9.69 Å². The Bertz CT molecular complexity index is 437. The summed E-state index contributed by atoms with van der Waals surface area (Å²) >= 11 is 3.37. The minimum Gasteiger partial charge on any atom is -0.374 e. The fraction of sp³-hybridized carbons (Fsp3) is 0.500. The van der Waals surface area contributed by atoms with Gasteiger partial charge in [0.15, 0.2) is 0 Å². The van der Waals surface area contributed by atoms with Gasteiger partial charge in [-0.2, -0.15) is 0 Å². The summed E-state index contributed by atoms with van der Waals surface area (Å²) in [4.78, 5) is 14.1. The molecule has 2 rings (SSSR count). The smallest absolute Gasteiger partial charge is 0.238 e. The Kier molecular flexibility index (Phi) is 5.97. The van der Waals surface area contributed by atoms with Crippen molar-refractivity contribution in [3.8, 4) is 0 Å². The first kappa shape index (κ1) is 15.4. The minimum absolute atomic E-state index is 0.0115. The van der Waals surface area contributed by atoms with Gasteiger partial charge in [0.1, 0.15) is 0 Å². The van der Waals surface area contributed by atoms with Crippen LogP contribution in [0.5, 0.6) is 0 Å². The second-order valence-electron chi connectivity index (χ2n) is 4.84. The van der Waals surface area contributed by atoms with Gasteiger partial charge in [-0.05, 0) is 31.3 Å². The van der Waals surface area contributed by atoms with Crippen molar-refractivity contribution < 1.29 is 9.53 Å². The monoisotopic (exact) mass is 341 g/mol. The van der Waals surface area contributed by atoms with Gasteiger partial charge in [0.05, 0.1) is 19.3 Å². The van der Waals surface area contributed by atoms with E-state index in [1.54, 1.807) is 0 Å². The summed E-state index contributed by atoms with van der Waals surface area (Å²) in [5, 5.41) is 6.01. The van der Waals surface area contributed by atoms with Gasteiger partial charge in [0, 0.05) is 29.8 Å². The Balaban J connectivity index is 1.80. The Morgan fingerprint density at radius 1 is 1.45 bits per heavy atom. The number of nitrogens with one attached hydrogen (secondary N) is 2. The third kappa shape index (κ3) is 4.86. The fourth-order valence-electron chi connectivity index (χ4n) is 2.21. The number of hydrogen-bond acceptors (Lipinski definition) is 4. The number of carbonyl (C=O) groups is 1. The second-order valence-corrected chi connectivity index (χ2v) is 5.76. The molecule has 0 saturated carbocycles. The molecule has 6 heteroatoms. The van der Waals surface area contributed by atoms with Crippen molar-refractivity contribution in [3.63, 3.8) is 0 Å². The van der Waals surface area contributed by atoms with Gasteiger partial charge in [-0.15, -0.1) is 0 Å². The van der Waals surface area contributed by atoms with Gasteiger partial charge >= 0.3 is 0 Å². The lowest BCUT2D eigenvalue weighted by atomic mass is 10.2. The highest BCUT2D eigenvalue weighted by Gasteiger charge is 2.21. The standard InChI is InChI=1S/C14H20BrN3O2/c1-16-8-13-9-18(6-7-20-13)10-14(19)17-12-4-2-11(15)3-5-12/h2-5,13,16H,6-10H2,1H3,(H,17,19). The van der Waals surface area contributed by atoms with E-state index in [4.69, 9.17) is 4.74 Å². The molecule has 2 N–H and O–H groups in total. The molecule has 110 valence electrons. The van der Waals surface area contributed by atoms with Crippen LogP contribution in [0.15, 0.2) is 28.7 Å². The normalized spacial score (nSPS) is 19.8. The molecule has 1 fully saturated rings. The average Bonchev–Trinajstić information content (AvgIpc) is 2.42. The zero-order valence-corrected chi connectivity index (χ0v) is 13.1. The maximum Gasteiger partial charge on any atom is 0.238 e. The van der Waals surface area contributed by atoms with Gasteiger partial charge in [0.25, 0.3) is 0 Å². The van der Waals surface area contributed by atoms with Gasteiger partial charge in [0.2, 0.25) is 5.91 Å². The lowest BCUT2D eigenvalue weighted by molar-refractivity contribution is -0.119. The molecule has 1 unspecified atom stereocenters. The summed E-state index contributed by atoms with van der Waals surface area (Å²) in [5.74, 6) is 0.0115. The van der Waals surface area contributed by atoms with Crippen LogP contribution >= 0.6 is 15.9 Å². The molecular formula is C14H20BrN3O2. The molecule has 1 aliphatic heterocycles. The number of likely N-dealkylation sites (N-methyl/N-ethyl adjacent to an activating group) is 1. The number of halogens is 1. The van der Waals surface area contributed by atoms with E-state index in [0.29, 0.717) is 13.2 Å². The molecule has 0 spiro atoms. The van der Waals surface area contributed by atoms with Crippen molar-refractivity contribution in [2.75, 3.05) is 45.2 Å². The summed E-state index contributed by atoms with van der Waals surface area (Å²) in [6, 6.07) is 7.58. The van der Waals surface area contributed by atoms with Crippen molar-refractivity contribution in [2.24, 2.45) is 0 Å². The third-order valence-corrected chi connectivity index (χ3v) is 3.68. The van der Waals surface area contributed by atoms with E-state index < -0.39 is 0 Å². The van der Waals surface area contributed by atoms with E-state index in [1.807, 2.05) is 31.3 Å². The Hall–Kier alpha value is -0.950. The molecule has 1 amide bonds. The number of anilines is 1. The molecule has 1 aliphatic rings. The van der Waals surface area contributed by atoms with Crippen LogP contribution in [0.1, 0.15) is 0 Å². The molecule has 1 aromatic carbocycles. The highest BCUT2D eigenvalue weighted by atomic mass is 79.9. The van der Waals surface area contributed by atoms with Crippen molar-refractivity contribution in [3.05, 3.63) is 28.7 Å². The largest absolute Gasteiger partial charge is 0.374 e. The Morgan fingerprint density at radius 3 is 2.90 bits per heavy atom. The molecule has 1 saturated heterocycles. The van der Waals surface area contributed by atoms with Crippen LogP contribution in [-0.2, 0) is 9.53 Å². The second kappa shape index (κ2) is 7.73. The topological polar surface area (TPSA) is 53.6 Å². The summed E-state index contributed by atoms with van der Waals surface area (Å²) < 4.78 is 6.62. The molecule has 1 atom stereocenters. The first-order valence-corrected chi connectivity index (χ1v) is 7.50. The summed E-state index contributed by atoms with van der Waals surface area (Å²) in [7, 11) is 1.91. The molecule has 20 heavy (non-hydrogen) atoms. The van der Waals surface area contributed by atoms with Crippen LogP contribution < -0.4 is 10.6 Å². The predicted molar refractivity (Wildman–Crippen MR) is 82.9 cm³/mol. The van der Waals surface area contributed by atoms with Crippen LogP contribution in [0.4, 0.5) is 5.69 Å². The maximum absolute atomic E-state index is 12.0. The molecular weight excluding hydrogens is 322 g/mol. The Morgan fingerprint density at radius 2 is 2.20 bits per heavy atom. The van der Waals surface area contributed by atoms with E-state index in [1.165, 1.54) is 0 Å². The number of rotatable bonds is 5. The van der Waals surface area contributed by atoms with E-state index in [0.717, 1.165) is 29.8 Å². The molecule has 0 aliphatic carbocycles. The number of morpholine rings is 1. The Labute approximate surface area is 127 Å². The van der Waals surface area contributed by atoms with E-state index >= 15 is 0 Å². The molecule has 0 radical (unpaired) electrons. The fourth-order valence-corrected chi connectivity index (χ4v) is 2.48. The van der Waals surface area contributed by atoms with Gasteiger partial charge in [-0.25, -0.2) is 0 Å². The molecule has 5 nitrogen and oxygen atoms in total. The number of carbonyl (C=O) groups excluding carboxylic acids is 1. The van der Waals surface area contributed by atoms with Gasteiger partial charge in [-0.1, -0.05) is 15.9 Å². The van der Waals surface area contributed by atoms with Crippen molar-refractivity contribution in [1.29, 1.82) is 0 Å². The number of nitrogens with zero attached hydrogens (tertiary/aromatic N) is 1. The van der Waals surface area contributed by atoms with Crippen molar-refractivity contribution >= 4 is 27.5 Å².